The number of rotatable bonds is 9. The molecule has 0 amide bonds. The maximum atomic E-state index is 9.84. The van der Waals surface area contributed by atoms with Crippen molar-refractivity contribution in [2.24, 2.45) is 0 Å². The standard InChI is InChI=1S/C30H32N4O4/c1-23(35)30-31-13-15-34(30)22-27-21-29(38-32-27)26-9-5-24(6-10-26)3-4-25-7-11-28(12-8-25)37-18-2-14-33-16-19-36-20-17-33/h5-13,15,21,23,35H,2,14,16-20,22H2,1H3/t23-/m0/s1. The van der Waals surface area contributed by atoms with Crippen LogP contribution in [-0.4, -0.2) is 64.2 Å². The van der Waals surface area contributed by atoms with Gasteiger partial charge < -0.3 is 23.7 Å². The van der Waals surface area contributed by atoms with Crippen molar-refractivity contribution in [2.45, 2.75) is 26.0 Å². The van der Waals surface area contributed by atoms with E-state index in [1.807, 2.05) is 65.4 Å². The van der Waals surface area contributed by atoms with Crippen molar-refractivity contribution < 1.29 is 19.1 Å². The van der Waals surface area contributed by atoms with E-state index in [4.69, 9.17) is 14.0 Å². The van der Waals surface area contributed by atoms with Gasteiger partial charge in [-0.25, -0.2) is 4.98 Å². The second-order valence-corrected chi connectivity index (χ2v) is 9.28. The van der Waals surface area contributed by atoms with Gasteiger partial charge in [-0.2, -0.15) is 0 Å². The molecule has 0 bridgehead atoms. The summed E-state index contributed by atoms with van der Waals surface area (Å²) in [6, 6.07) is 17.7. The summed E-state index contributed by atoms with van der Waals surface area (Å²) in [6.07, 6.45) is 3.84. The number of aromatic nitrogens is 3. The van der Waals surface area contributed by atoms with Crippen LogP contribution in [0, 0.1) is 11.8 Å². The zero-order chi connectivity index (χ0) is 26.2. The number of hydrogen-bond acceptors (Lipinski definition) is 7. The lowest BCUT2D eigenvalue weighted by atomic mass is 10.1. The van der Waals surface area contributed by atoms with Crippen LogP contribution in [0.4, 0.5) is 0 Å². The topological polar surface area (TPSA) is 85.8 Å². The molecular weight excluding hydrogens is 480 g/mol. The molecule has 1 saturated heterocycles. The van der Waals surface area contributed by atoms with Crippen molar-refractivity contribution in [3.63, 3.8) is 0 Å². The Labute approximate surface area is 222 Å². The van der Waals surface area contributed by atoms with E-state index < -0.39 is 6.10 Å². The van der Waals surface area contributed by atoms with Gasteiger partial charge in [-0.05, 0) is 61.9 Å². The SMILES string of the molecule is C[C@H](O)c1nccn1Cc1cc(-c2ccc(C#Cc3ccc(OCCCN4CCOCC4)cc3)cc2)on1. The third-order valence-corrected chi connectivity index (χ3v) is 6.38. The summed E-state index contributed by atoms with van der Waals surface area (Å²) in [7, 11) is 0. The summed E-state index contributed by atoms with van der Waals surface area (Å²) in [5.41, 5.74) is 3.53. The highest BCUT2D eigenvalue weighted by Crippen LogP contribution is 2.22. The quantitative estimate of drug-likeness (QED) is 0.266. The van der Waals surface area contributed by atoms with Gasteiger partial charge in [0.05, 0.1) is 26.4 Å². The van der Waals surface area contributed by atoms with Gasteiger partial charge in [0.25, 0.3) is 0 Å². The molecule has 0 saturated carbocycles. The Morgan fingerprint density at radius 3 is 2.45 bits per heavy atom. The molecule has 0 spiro atoms. The maximum absolute atomic E-state index is 9.84. The van der Waals surface area contributed by atoms with Gasteiger partial charge in [0, 0.05) is 54.8 Å². The van der Waals surface area contributed by atoms with Gasteiger partial charge in [0.15, 0.2) is 5.76 Å². The van der Waals surface area contributed by atoms with E-state index in [9.17, 15) is 5.11 Å². The highest BCUT2D eigenvalue weighted by Gasteiger charge is 2.12. The first-order chi connectivity index (χ1) is 18.6. The second-order valence-electron chi connectivity index (χ2n) is 9.28. The number of hydrogen-bond donors (Lipinski definition) is 1. The molecule has 0 aliphatic carbocycles. The molecule has 2 aromatic carbocycles. The summed E-state index contributed by atoms with van der Waals surface area (Å²) in [5.74, 6) is 8.56. The van der Waals surface area contributed by atoms with Crippen LogP contribution in [0.2, 0.25) is 0 Å². The fraction of sp³-hybridized carbons (Fsp3) is 0.333. The highest BCUT2D eigenvalue weighted by molar-refractivity contribution is 5.59. The first-order valence-corrected chi connectivity index (χ1v) is 12.9. The second kappa shape index (κ2) is 12.6. The summed E-state index contributed by atoms with van der Waals surface area (Å²) in [5, 5.41) is 14.0. The average molecular weight is 513 g/mol. The Morgan fingerprint density at radius 2 is 1.74 bits per heavy atom. The van der Waals surface area contributed by atoms with Crippen molar-refractivity contribution in [2.75, 3.05) is 39.5 Å². The molecule has 196 valence electrons. The van der Waals surface area contributed by atoms with Crippen molar-refractivity contribution in [3.8, 4) is 28.9 Å². The molecule has 1 fully saturated rings. The van der Waals surface area contributed by atoms with Crippen molar-refractivity contribution in [1.82, 2.24) is 19.6 Å². The molecule has 1 N–H and O–H groups in total. The molecule has 2 aromatic heterocycles. The lowest BCUT2D eigenvalue weighted by Crippen LogP contribution is -2.37. The predicted molar refractivity (Wildman–Crippen MR) is 144 cm³/mol. The molecular formula is C30H32N4O4. The lowest BCUT2D eigenvalue weighted by Gasteiger charge is -2.26. The fourth-order valence-corrected chi connectivity index (χ4v) is 4.32. The lowest BCUT2D eigenvalue weighted by molar-refractivity contribution is 0.0358. The van der Waals surface area contributed by atoms with Crippen LogP contribution in [0.5, 0.6) is 5.75 Å². The van der Waals surface area contributed by atoms with E-state index in [2.05, 4.69) is 26.9 Å². The van der Waals surface area contributed by atoms with Gasteiger partial charge in [-0.15, -0.1) is 0 Å². The summed E-state index contributed by atoms with van der Waals surface area (Å²) >= 11 is 0. The first kappa shape index (κ1) is 25.7. The number of morpholine rings is 1. The Bertz CT molecular complexity index is 1360. The smallest absolute Gasteiger partial charge is 0.167 e. The fourth-order valence-electron chi connectivity index (χ4n) is 4.32. The maximum Gasteiger partial charge on any atom is 0.167 e. The minimum absolute atomic E-state index is 0.478. The molecule has 5 rings (SSSR count). The third kappa shape index (κ3) is 6.90. The summed E-state index contributed by atoms with van der Waals surface area (Å²) in [6.45, 7) is 7.59. The van der Waals surface area contributed by atoms with E-state index in [-0.39, 0.29) is 0 Å². The van der Waals surface area contributed by atoms with Crippen LogP contribution in [0.3, 0.4) is 0 Å². The van der Waals surface area contributed by atoms with Gasteiger partial charge in [0.1, 0.15) is 23.4 Å². The average Bonchev–Trinajstić information content (AvgIpc) is 3.62. The Balaban J connectivity index is 1.12. The minimum Gasteiger partial charge on any atom is -0.494 e. The normalized spacial score (nSPS) is 14.6. The Kier molecular flexibility index (Phi) is 8.51. The van der Waals surface area contributed by atoms with Crippen molar-refractivity contribution in [3.05, 3.63) is 89.6 Å². The van der Waals surface area contributed by atoms with E-state index in [1.165, 1.54) is 0 Å². The Hall–Kier alpha value is -3.90. The molecule has 1 atom stereocenters. The number of aliphatic hydroxyl groups excluding tert-OH is 1. The zero-order valence-corrected chi connectivity index (χ0v) is 21.5. The van der Waals surface area contributed by atoms with Crippen molar-refractivity contribution >= 4 is 0 Å². The third-order valence-electron chi connectivity index (χ3n) is 6.38. The van der Waals surface area contributed by atoms with Gasteiger partial charge >= 0.3 is 0 Å². The molecule has 38 heavy (non-hydrogen) atoms. The molecule has 8 nitrogen and oxygen atoms in total. The number of benzene rings is 2. The number of aliphatic hydroxyl groups is 1. The van der Waals surface area contributed by atoms with Crippen LogP contribution in [0.15, 0.2) is 71.5 Å². The van der Waals surface area contributed by atoms with E-state index >= 15 is 0 Å². The number of imidazole rings is 1. The Morgan fingerprint density at radius 1 is 1.03 bits per heavy atom. The van der Waals surface area contributed by atoms with Gasteiger partial charge in [-0.3, -0.25) is 4.90 Å². The molecule has 3 heterocycles. The van der Waals surface area contributed by atoms with E-state index in [0.717, 1.165) is 67.4 Å². The van der Waals surface area contributed by atoms with Crippen molar-refractivity contribution in [1.29, 1.82) is 0 Å². The monoisotopic (exact) mass is 512 g/mol. The van der Waals surface area contributed by atoms with Crippen LogP contribution in [0.25, 0.3) is 11.3 Å². The largest absolute Gasteiger partial charge is 0.494 e. The van der Waals surface area contributed by atoms with Crippen LogP contribution in [-0.2, 0) is 11.3 Å². The highest BCUT2D eigenvalue weighted by atomic mass is 16.5. The van der Waals surface area contributed by atoms with Gasteiger partial charge in [0.2, 0.25) is 0 Å². The molecule has 1 aliphatic heterocycles. The molecule has 0 radical (unpaired) electrons. The number of ether oxygens (including phenoxy) is 2. The molecule has 0 unspecified atom stereocenters. The van der Waals surface area contributed by atoms with Gasteiger partial charge in [-0.1, -0.05) is 17.0 Å². The first-order valence-electron chi connectivity index (χ1n) is 12.9. The zero-order valence-electron chi connectivity index (χ0n) is 21.5. The molecule has 4 aromatic rings. The van der Waals surface area contributed by atoms with Crippen LogP contribution in [0.1, 0.15) is 42.1 Å². The molecule has 8 heteroatoms. The van der Waals surface area contributed by atoms with E-state index in [0.29, 0.717) is 24.7 Å². The van der Waals surface area contributed by atoms with Crippen LogP contribution >= 0.6 is 0 Å². The van der Waals surface area contributed by atoms with E-state index in [1.54, 1.807) is 13.1 Å². The van der Waals surface area contributed by atoms with Crippen LogP contribution < -0.4 is 4.74 Å². The number of nitrogens with zero attached hydrogens (tertiary/aromatic N) is 4. The summed E-state index contributed by atoms with van der Waals surface area (Å²) in [4.78, 5) is 6.61. The summed E-state index contributed by atoms with van der Waals surface area (Å²) < 4.78 is 18.7. The molecule has 1 aliphatic rings. The predicted octanol–water partition coefficient (Wildman–Crippen LogP) is 4.14. The minimum atomic E-state index is -0.646.